The van der Waals surface area contributed by atoms with Crippen molar-refractivity contribution in [2.45, 2.75) is 51.2 Å². The van der Waals surface area contributed by atoms with E-state index >= 15 is 0 Å². The Bertz CT molecular complexity index is 767. The lowest BCUT2D eigenvalue weighted by Crippen LogP contribution is -2.43. The summed E-state index contributed by atoms with van der Waals surface area (Å²) in [7, 11) is -3.34. The minimum absolute atomic E-state index is 0.0298. The van der Waals surface area contributed by atoms with Gasteiger partial charge in [0.15, 0.2) is 0 Å². The van der Waals surface area contributed by atoms with Gasteiger partial charge in [-0.3, -0.25) is 4.79 Å². The van der Waals surface area contributed by atoms with Gasteiger partial charge in [0.1, 0.15) is 0 Å². The largest absolute Gasteiger partial charge is 0.356 e. The highest BCUT2D eigenvalue weighted by atomic mass is 32.2. The smallest absolute Gasteiger partial charge is 0.223 e. The highest BCUT2D eigenvalue weighted by Crippen LogP contribution is 2.22. The van der Waals surface area contributed by atoms with Crippen molar-refractivity contribution in [2.75, 3.05) is 39.3 Å². The summed E-state index contributed by atoms with van der Waals surface area (Å²) >= 11 is 0. The van der Waals surface area contributed by atoms with Crippen molar-refractivity contribution in [1.82, 2.24) is 14.5 Å². The standard InChI is InChI=1S/C22H35N3O3S/c1-19-7-5-8-20(17-19)18-29(27,28)25-15-9-21(10-16-25)22(26)23-11-6-14-24-12-3-2-4-13-24/h5,7-8,17,21H,2-4,6,9-16,18H2,1H3,(H,23,26). The third kappa shape index (κ3) is 6.79. The maximum absolute atomic E-state index is 12.7. The molecule has 1 aromatic rings. The molecule has 0 aliphatic carbocycles. The molecule has 1 N–H and O–H groups in total. The number of nitrogens with zero attached hydrogens (tertiary/aromatic N) is 2. The Labute approximate surface area is 175 Å². The van der Waals surface area contributed by atoms with Gasteiger partial charge in [-0.1, -0.05) is 36.2 Å². The van der Waals surface area contributed by atoms with Gasteiger partial charge < -0.3 is 10.2 Å². The van der Waals surface area contributed by atoms with Gasteiger partial charge in [-0.25, -0.2) is 12.7 Å². The number of carbonyl (C=O) groups is 1. The molecule has 2 fully saturated rings. The highest BCUT2D eigenvalue weighted by Gasteiger charge is 2.31. The van der Waals surface area contributed by atoms with Gasteiger partial charge in [0.05, 0.1) is 5.75 Å². The van der Waals surface area contributed by atoms with Crippen LogP contribution in [0.3, 0.4) is 0 Å². The molecule has 2 heterocycles. The molecule has 2 aliphatic rings. The molecule has 1 amide bonds. The molecule has 7 heteroatoms. The molecule has 1 aromatic carbocycles. The van der Waals surface area contributed by atoms with Gasteiger partial charge in [0.2, 0.25) is 15.9 Å². The number of likely N-dealkylation sites (tertiary alicyclic amines) is 1. The number of hydrogen-bond donors (Lipinski definition) is 1. The van der Waals surface area contributed by atoms with Crippen molar-refractivity contribution in [3.63, 3.8) is 0 Å². The fraction of sp³-hybridized carbons (Fsp3) is 0.682. The van der Waals surface area contributed by atoms with E-state index in [2.05, 4.69) is 10.2 Å². The summed E-state index contributed by atoms with van der Waals surface area (Å²) in [5.41, 5.74) is 1.88. The van der Waals surface area contributed by atoms with Gasteiger partial charge in [0, 0.05) is 25.6 Å². The fourth-order valence-electron chi connectivity index (χ4n) is 4.34. The molecule has 0 unspecified atom stereocenters. The van der Waals surface area contributed by atoms with E-state index in [-0.39, 0.29) is 17.6 Å². The normalized spacial score (nSPS) is 19.9. The third-order valence-electron chi connectivity index (χ3n) is 6.05. The molecule has 6 nitrogen and oxygen atoms in total. The van der Waals surface area contributed by atoms with Gasteiger partial charge in [-0.15, -0.1) is 0 Å². The molecule has 0 bridgehead atoms. The SMILES string of the molecule is Cc1cccc(CS(=O)(=O)N2CCC(C(=O)NCCCN3CCCCC3)CC2)c1. The number of rotatable bonds is 8. The monoisotopic (exact) mass is 421 g/mol. The number of sulfonamides is 1. The van der Waals surface area contributed by atoms with Gasteiger partial charge in [-0.2, -0.15) is 0 Å². The van der Waals surface area contributed by atoms with E-state index in [0.29, 0.717) is 32.5 Å². The zero-order valence-electron chi connectivity index (χ0n) is 17.6. The lowest BCUT2D eigenvalue weighted by atomic mass is 9.97. The number of aryl methyl sites for hydroxylation is 1. The molecular weight excluding hydrogens is 386 g/mol. The lowest BCUT2D eigenvalue weighted by Gasteiger charge is -2.30. The number of piperidine rings is 2. The maximum Gasteiger partial charge on any atom is 0.223 e. The van der Waals surface area contributed by atoms with Crippen LogP contribution >= 0.6 is 0 Å². The first-order valence-electron chi connectivity index (χ1n) is 11.0. The van der Waals surface area contributed by atoms with Crippen LogP contribution in [0.2, 0.25) is 0 Å². The molecule has 0 atom stereocenters. The molecule has 3 rings (SSSR count). The van der Waals surface area contributed by atoms with Crippen molar-refractivity contribution >= 4 is 15.9 Å². The average Bonchev–Trinajstić information content (AvgIpc) is 2.71. The van der Waals surface area contributed by atoms with Crippen LogP contribution in [0.1, 0.15) is 49.7 Å². The van der Waals surface area contributed by atoms with E-state index in [9.17, 15) is 13.2 Å². The molecule has 2 aliphatic heterocycles. The summed E-state index contributed by atoms with van der Waals surface area (Å²) in [6, 6.07) is 7.63. The number of amides is 1. The molecule has 0 aromatic heterocycles. The first-order valence-corrected chi connectivity index (χ1v) is 12.6. The Morgan fingerprint density at radius 3 is 2.52 bits per heavy atom. The van der Waals surface area contributed by atoms with Crippen LogP contribution in [-0.4, -0.2) is 62.8 Å². The van der Waals surface area contributed by atoms with E-state index < -0.39 is 10.0 Å². The summed E-state index contributed by atoms with van der Waals surface area (Å²) in [5, 5.41) is 3.06. The molecular formula is C22H35N3O3S. The molecule has 0 spiro atoms. The zero-order chi connectivity index (χ0) is 20.7. The summed E-state index contributed by atoms with van der Waals surface area (Å²) in [4.78, 5) is 14.9. The zero-order valence-corrected chi connectivity index (χ0v) is 18.4. The Balaban J connectivity index is 1.38. The minimum atomic E-state index is -3.34. The molecule has 29 heavy (non-hydrogen) atoms. The summed E-state index contributed by atoms with van der Waals surface area (Å²) in [6.45, 7) is 6.96. The molecule has 0 radical (unpaired) electrons. The fourth-order valence-corrected chi connectivity index (χ4v) is 5.89. The van der Waals surface area contributed by atoms with Crippen LogP contribution in [0, 0.1) is 12.8 Å². The number of hydrogen-bond acceptors (Lipinski definition) is 4. The molecule has 162 valence electrons. The summed E-state index contributed by atoms with van der Waals surface area (Å²) in [5.74, 6) is 0.0389. The van der Waals surface area contributed by atoms with Crippen molar-refractivity contribution in [2.24, 2.45) is 5.92 Å². The highest BCUT2D eigenvalue weighted by molar-refractivity contribution is 7.88. The Morgan fingerprint density at radius 1 is 1.10 bits per heavy atom. The van der Waals surface area contributed by atoms with E-state index in [0.717, 1.165) is 24.1 Å². The predicted octanol–water partition coefficient (Wildman–Crippen LogP) is 2.53. The van der Waals surface area contributed by atoms with Gasteiger partial charge in [-0.05, 0) is 64.2 Å². The Hall–Kier alpha value is -1.44. The second-order valence-electron chi connectivity index (χ2n) is 8.47. The quantitative estimate of drug-likeness (QED) is 0.655. The molecule has 0 saturated carbocycles. The van der Waals surface area contributed by atoms with Crippen LogP contribution in [0.15, 0.2) is 24.3 Å². The van der Waals surface area contributed by atoms with Crippen molar-refractivity contribution in [1.29, 1.82) is 0 Å². The van der Waals surface area contributed by atoms with E-state index in [1.54, 1.807) is 4.31 Å². The van der Waals surface area contributed by atoms with Crippen molar-refractivity contribution in [3.8, 4) is 0 Å². The summed E-state index contributed by atoms with van der Waals surface area (Å²) < 4.78 is 27.0. The third-order valence-corrected chi connectivity index (χ3v) is 7.90. The van der Waals surface area contributed by atoms with Crippen molar-refractivity contribution < 1.29 is 13.2 Å². The number of benzene rings is 1. The average molecular weight is 422 g/mol. The second kappa shape index (κ2) is 10.5. The minimum Gasteiger partial charge on any atom is -0.356 e. The summed E-state index contributed by atoms with van der Waals surface area (Å²) in [6.07, 6.45) is 6.10. The first kappa shape index (κ1) is 22.2. The van der Waals surface area contributed by atoms with Gasteiger partial charge in [0.25, 0.3) is 0 Å². The lowest BCUT2D eigenvalue weighted by molar-refractivity contribution is -0.126. The molecule has 2 saturated heterocycles. The van der Waals surface area contributed by atoms with Crippen LogP contribution in [0.4, 0.5) is 0 Å². The maximum atomic E-state index is 12.7. The Morgan fingerprint density at radius 2 is 1.83 bits per heavy atom. The van der Waals surface area contributed by atoms with E-state index in [1.165, 1.54) is 32.4 Å². The van der Waals surface area contributed by atoms with Crippen LogP contribution < -0.4 is 5.32 Å². The Kier molecular flexibility index (Phi) is 8.09. The van der Waals surface area contributed by atoms with Gasteiger partial charge >= 0.3 is 0 Å². The number of nitrogens with one attached hydrogen (secondary N) is 1. The van der Waals surface area contributed by atoms with E-state index in [1.807, 2.05) is 31.2 Å². The van der Waals surface area contributed by atoms with Crippen LogP contribution in [0.5, 0.6) is 0 Å². The predicted molar refractivity (Wildman–Crippen MR) is 116 cm³/mol. The number of carbonyl (C=O) groups excluding carboxylic acids is 1. The van der Waals surface area contributed by atoms with Crippen molar-refractivity contribution in [3.05, 3.63) is 35.4 Å². The second-order valence-corrected chi connectivity index (χ2v) is 10.4. The first-order chi connectivity index (χ1) is 13.9. The van der Waals surface area contributed by atoms with Crippen LogP contribution in [0.25, 0.3) is 0 Å². The topological polar surface area (TPSA) is 69.7 Å². The van der Waals surface area contributed by atoms with Crippen LogP contribution in [-0.2, 0) is 20.6 Å². The van der Waals surface area contributed by atoms with E-state index in [4.69, 9.17) is 0 Å².